The molecule has 1 saturated heterocycles. The maximum Gasteiger partial charge on any atom is 0.292 e. The molecule has 1 unspecified atom stereocenters. The molecular weight excluding hydrogens is 372 g/mol. The van der Waals surface area contributed by atoms with E-state index in [9.17, 15) is 14.9 Å². The van der Waals surface area contributed by atoms with Gasteiger partial charge in [-0.3, -0.25) is 19.8 Å². The summed E-state index contributed by atoms with van der Waals surface area (Å²) in [4.78, 5) is 30.0. The van der Waals surface area contributed by atoms with E-state index in [4.69, 9.17) is 4.42 Å². The third-order valence-electron chi connectivity index (χ3n) is 5.47. The highest BCUT2D eigenvalue weighted by Gasteiger charge is 2.30. The zero-order chi connectivity index (χ0) is 20.4. The van der Waals surface area contributed by atoms with Crippen LogP contribution in [0.4, 0.5) is 11.4 Å². The van der Waals surface area contributed by atoms with E-state index in [1.54, 1.807) is 18.2 Å². The van der Waals surface area contributed by atoms with Gasteiger partial charge >= 0.3 is 0 Å². The van der Waals surface area contributed by atoms with Gasteiger partial charge in [-0.15, -0.1) is 0 Å². The SMILES string of the molecule is CC(C(=O)Nc1ccccc1[N+](=O)[O-])N1CCC(c2nc3ccccc3o2)CC1. The summed E-state index contributed by atoms with van der Waals surface area (Å²) in [6.45, 7) is 3.29. The van der Waals surface area contributed by atoms with Gasteiger partial charge in [-0.25, -0.2) is 4.98 Å². The fourth-order valence-corrected chi connectivity index (χ4v) is 3.74. The van der Waals surface area contributed by atoms with Gasteiger partial charge in [-0.05, 0) is 51.1 Å². The average Bonchev–Trinajstić information content (AvgIpc) is 3.18. The van der Waals surface area contributed by atoms with Gasteiger partial charge in [0.1, 0.15) is 11.2 Å². The average molecular weight is 394 g/mol. The number of para-hydroxylation sites is 4. The predicted molar refractivity (Wildman–Crippen MR) is 109 cm³/mol. The topological polar surface area (TPSA) is 102 Å². The van der Waals surface area contributed by atoms with E-state index in [1.165, 1.54) is 6.07 Å². The van der Waals surface area contributed by atoms with Crippen LogP contribution in [0, 0.1) is 10.1 Å². The van der Waals surface area contributed by atoms with Gasteiger partial charge in [-0.1, -0.05) is 24.3 Å². The van der Waals surface area contributed by atoms with Gasteiger partial charge in [0.05, 0.1) is 11.0 Å². The largest absolute Gasteiger partial charge is 0.440 e. The van der Waals surface area contributed by atoms with Gasteiger partial charge < -0.3 is 9.73 Å². The summed E-state index contributed by atoms with van der Waals surface area (Å²) in [5.74, 6) is 0.728. The first-order valence-electron chi connectivity index (χ1n) is 9.66. The number of nitrogens with zero attached hydrogens (tertiary/aromatic N) is 3. The summed E-state index contributed by atoms with van der Waals surface area (Å²) in [5.41, 5.74) is 1.77. The molecule has 0 radical (unpaired) electrons. The van der Waals surface area contributed by atoms with Crippen LogP contribution in [0.1, 0.15) is 31.6 Å². The molecule has 3 aromatic rings. The monoisotopic (exact) mass is 394 g/mol. The van der Waals surface area contributed by atoms with Crippen molar-refractivity contribution in [1.82, 2.24) is 9.88 Å². The van der Waals surface area contributed by atoms with E-state index in [-0.39, 0.29) is 29.2 Å². The smallest absolute Gasteiger partial charge is 0.292 e. The van der Waals surface area contributed by atoms with Crippen LogP contribution in [-0.2, 0) is 4.79 Å². The number of amides is 1. The fraction of sp³-hybridized carbons (Fsp3) is 0.333. The Bertz CT molecular complexity index is 1010. The van der Waals surface area contributed by atoms with E-state index in [0.717, 1.165) is 42.9 Å². The molecule has 8 nitrogen and oxygen atoms in total. The number of hydrogen-bond acceptors (Lipinski definition) is 6. The predicted octanol–water partition coefficient (Wildman–Crippen LogP) is 3.94. The van der Waals surface area contributed by atoms with Crippen molar-refractivity contribution < 1.29 is 14.1 Å². The lowest BCUT2D eigenvalue weighted by atomic mass is 9.95. The van der Waals surface area contributed by atoms with E-state index < -0.39 is 4.92 Å². The Morgan fingerprint density at radius 3 is 2.62 bits per heavy atom. The number of nitrogens with one attached hydrogen (secondary N) is 1. The zero-order valence-corrected chi connectivity index (χ0v) is 16.1. The number of fused-ring (bicyclic) bond motifs is 1. The first-order valence-corrected chi connectivity index (χ1v) is 9.66. The first-order chi connectivity index (χ1) is 14.0. The van der Waals surface area contributed by atoms with Crippen molar-refractivity contribution in [2.24, 2.45) is 0 Å². The summed E-state index contributed by atoms with van der Waals surface area (Å²) < 4.78 is 5.89. The summed E-state index contributed by atoms with van der Waals surface area (Å²) >= 11 is 0. The molecule has 1 aromatic heterocycles. The Kier molecular flexibility index (Phi) is 5.26. The molecule has 8 heteroatoms. The van der Waals surface area contributed by atoms with Crippen LogP contribution < -0.4 is 5.32 Å². The highest BCUT2D eigenvalue weighted by Crippen LogP contribution is 2.31. The molecule has 4 rings (SSSR count). The number of carbonyl (C=O) groups excluding carboxylic acids is 1. The normalized spacial score (nSPS) is 16.6. The van der Waals surface area contributed by atoms with Crippen LogP contribution in [0.5, 0.6) is 0 Å². The Labute approximate surface area is 167 Å². The molecular formula is C21H22N4O4. The minimum Gasteiger partial charge on any atom is -0.440 e. The number of nitro groups is 1. The maximum absolute atomic E-state index is 12.6. The highest BCUT2D eigenvalue weighted by atomic mass is 16.6. The molecule has 1 amide bonds. The molecule has 2 heterocycles. The van der Waals surface area contributed by atoms with Crippen molar-refractivity contribution in [3.8, 4) is 0 Å². The number of oxazole rings is 1. The second-order valence-electron chi connectivity index (χ2n) is 7.27. The van der Waals surface area contributed by atoms with Gasteiger partial charge in [0, 0.05) is 12.0 Å². The molecule has 150 valence electrons. The number of benzene rings is 2. The third-order valence-corrected chi connectivity index (χ3v) is 5.47. The van der Waals surface area contributed by atoms with E-state index in [1.807, 2.05) is 31.2 Å². The standard InChI is InChI=1S/C21H22N4O4/c1-14(20(26)22-16-6-2-4-8-18(16)25(27)28)24-12-10-15(11-13-24)21-23-17-7-3-5-9-19(17)29-21/h2-9,14-15H,10-13H2,1H3,(H,22,26). The number of nitro benzene ring substituents is 1. The van der Waals surface area contributed by atoms with Crippen LogP contribution >= 0.6 is 0 Å². The zero-order valence-electron chi connectivity index (χ0n) is 16.1. The molecule has 2 aromatic carbocycles. The fourth-order valence-electron chi connectivity index (χ4n) is 3.74. The number of likely N-dealkylation sites (tertiary alicyclic amines) is 1. The van der Waals surface area contributed by atoms with Gasteiger partial charge in [0.2, 0.25) is 5.91 Å². The lowest BCUT2D eigenvalue weighted by molar-refractivity contribution is -0.383. The minimum absolute atomic E-state index is 0.109. The van der Waals surface area contributed by atoms with Crippen molar-refractivity contribution in [3.05, 3.63) is 64.5 Å². The molecule has 0 bridgehead atoms. The minimum atomic E-state index is -0.494. The van der Waals surface area contributed by atoms with Crippen molar-refractivity contribution in [3.63, 3.8) is 0 Å². The van der Waals surface area contributed by atoms with Gasteiger partial charge in [0.25, 0.3) is 5.69 Å². The number of piperidine rings is 1. The molecule has 0 aliphatic carbocycles. The van der Waals surface area contributed by atoms with Crippen LogP contribution in [0.2, 0.25) is 0 Å². The molecule has 0 saturated carbocycles. The molecule has 1 N–H and O–H groups in total. The van der Waals surface area contributed by atoms with Crippen LogP contribution in [0.15, 0.2) is 52.9 Å². The Morgan fingerprint density at radius 1 is 1.21 bits per heavy atom. The Morgan fingerprint density at radius 2 is 1.90 bits per heavy atom. The van der Waals surface area contributed by atoms with Crippen LogP contribution in [-0.4, -0.2) is 39.8 Å². The van der Waals surface area contributed by atoms with Crippen molar-refractivity contribution in [2.75, 3.05) is 18.4 Å². The van der Waals surface area contributed by atoms with Crippen molar-refractivity contribution >= 4 is 28.4 Å². The van der Waals surface area contributed by atoms with Crippen LogP contribution in [0.3, 0.4) is 0 Å². The number of anilines is 1. The molecule has 29 heavy (non-hydrogen) atoms. The lowest BCUT2D eigenvalue weighted by Crippen LogP contribution is -2.45. The Hall–Kier alpha value is -3.26. The second-order valence-corrected chi connectivity index (χ2v) is 7.27. The molecule has 1 aliphatic heterocycles. The number of rotatable bonds is 5. The summed E-state index contributed by atoms with van der Waals surface area (Å²) in [6, 6.07) is 13.5. The number of carbonyl (C=O) groups is 1. The summed E-state index contributed by atoms with van der Waals surface area (Å²) in [5, 5.41) is 13.8. The molecule has 1 fully saturated rings. The van der Waals surface area contributed by atoms with E-state index in [2.05, 4.69) is 15.2 Å². The van der Waals surface area contributed by atoms with E-state index >= 15 is 0 Å². The summed E-state index contributed by atoms with van der Waals surface area (Å²) in [7, 11) is 0. The quantitative estimate of drug-likeness (QED) is 0.519. The molecule has 0 spiro atoms. The third kappa shape index (κ3) is 3.97. The maximum atomic E-state index is 12.6. The number of aromatic nitrogens is 1. The van der Waals surface area contributed by atoms with Crippen molar-refractivity contribution in [1.29, 1.82) is 0 Å². The van der Waals surface area contributed by atoms with Crippen LogP contribution in [0.25, 0.3) is 11.1 Å². The Balaban J connectivity index is 1.38. The number of hydrogen-bond donors (Lipinski definition) is 1. The highest BCUT2D eigenvalue weighted by molar-refractivity contribution is 5.96. The van der Waals surface area contributed by atoms with E-state index in [0.29, 0.717) is 0 Å². The first kappa shape index (κ1) is 19.1. The molecule has 1 atom stereocenters. The molecule has 1 aliphatic rings. The second kappa shape index (κ2) is 8.00. The summed E-state index contributed by atoms with van der Waals surface area (Å²) in [6.07, 6.45) is 1.69. The van der Waals surface area contributed by atoms with Crippen molar-refractivity contribution in [2.45, 2.75) is 31.7 Å². The van der Waals surface area contributed by atoms with Gasteiger partial charge in [-0.2, -0.15) is 0 Å². The van der Waals surface area contributed by atoms with Gasteiger partial charge in [0.15, 0.2) is 11.5 Å². The lowest BCUT2D eigenvalue weighted by Gasteiger charge is -2.34.